The van der Waals surface area contributed by atoms with E-state index in [0.29, 0.717) is 6.04 Å². The van der Waals surface area contributed by atoms with Gasteiger partial charge in [-0.1, -0.05) is 46.3 Å². The number of rotatable bonds is 4. The number of fused-ring (bicyclic) bond motifs is 1. The molecule has 0 unspecified atom stereocenters. The zero-order valence-corrected chi connectivity index (χ0v) is 12.3. The number of hydrogen-bond acceptors (Lipinski definition) is 1. The fraction of sp³-hybridized carbons (Fsp3) is 0.312. The van der Waals surface area contributed by atoms with Gasteiger partial charge in [-0.3, -0.25) is 4.79 Å². The molecule has 0 N–H and O–H groups in total. The van der Waals surface area contributed by atoms with Crippen LogP contribution in [0.1, 0.15) is 23.2 Å². The Morgan fingerprint density at radius 2 is 1.89 bits per heavy atom. The summed E-state index contributed by atoms with van der Waals surface area (Å²) in [5.41, 5.74) is 0.798. The summed E-state index contributed by atoms with van der Waals surface area (Å²) in [5, 5.41) is 3.14. The molecule has 0 spiro atoms. The number of amides is 1. The van der Waals surface area contributed by atoms with E-state index >= 15 is 0 Å². The van der Waals surface area contributed by atoms with Crippen molar-refractivity contribution in [2.45, 2.75) is 18.9 Å². The minimum Gasteiger partial charge on any atom is -0.335 e. The fourth-order valence-electron chi connectivity index (χ4n) is 2.42. The lowest BCUT2D eigenvalue weighted by atomic mass is 10.1. The van der Waals surface area contributed by atoms with Gasteiger partial charge in [-0.2, -0.15) is 0 Å². The van der Waals surface area contributed by atoms with Gasteiger partial charge in [-0.05, 0) is 35.7 Å². The molecule has 2 aromatic carbocycles. The molecule has 2 nitrogen and oxygen atoms in total. The SMILES string of the molecule is O=C(c1ccc2ccccc2c1)N(CCBr)C1CC1. The van der Waals surface area contributed by atoms with Gasteiger partial charge in [0.05, 0.1) is 0 Å². The number of halogens is 1. The number of carbonyl (C=O) groups excluding carboxylic acids is 1. The largest absolute Gasteiger partial charge is 0.335 e. The molecule has 1 fully saturated rings. The van der Waals surface area contributed by atoms with Crippen molar-refractivity contribution in [2.24, 2.45) is 0 Å². The molecular weight excluding hydrogens is 302 g/mol. The first kappa shape index (κ1) is 12.7. The number of hydrogen-bond donors (Lipinski definition) is 0. The summed E-state index contributed by atoms with van der Waals surface area (Å²) >= 11 is 3.43. The van der Waals surface area contributed by atoms with Gasteiger partial charge >= 0.3 is 0 Å². The van der Waals surface area contributed by atoms with E-state index in [0.717, 1.165) is 35.7 Å². The maximum atomic E-state index is 12.6. The summed E-state index contributed by atoms with van der Waals surface area (Å²) in [5.74, 6) is 0.160. The Morgan fingerprint density at radius 1 is 1.16 bits per heavy atom. The minimum absolute atomic E-state index is 0.160. The molecule has 1 aliphatic carbocycles. The average molecular weight is 318 g/mol. The minimum atomic E-state index is 0.160. The van der Waals surface area contributed by atoms with Crippen LogP contribution in [0.15, 0.2) is 42.5 Å². The lowest BCUT2D eigenvalue weighted by Gasteiger charge is -2.21. The quantitative estimate of drug-likeness (QED) is 0.785. The average Bonchev–Trinajstić information content (AvgIpc) is 3.28. The van der Waals surface area contributed by atoms with Gasteiger partial charge in [0, 0.05) is 23.5 Å². The van der Waals surface area contributed by atoms with Crippen molar-refractivity contribution >= 4 is 32.6 Å². The second-order valence-electron chi connectivity index (χ2n) is 4.98. The Hall–Kier alpha value is -1.35. The monoisotopic (exact) mass is 317 g/mol. The van der Waals surface area contributed by atoms with Crippen LogP contribution in [0.2, 0.25) is 0 Å². The maximum Gasteiger partial charge on any atom is 0.254 e. The number of alkyl halides is 1. The van der Waals surface area contributed by atoms with Gasteiger partial charge in [0.15, 0.2) is 0 Å². The Bertz CT molecular complexity index is 606. The molecule has 0 saturated heterocycles. The molecule has 2 aromatic rings. The van der Waals surface area contributed by atoms with E-state index in [1.54, 1.807) is 0 Å². The number of carbonyl (C=O) groups is 1. The molecule has 0 radical (unpaired) electrons. The predicted molar refractivity (Wildman–Crippen MR) is 81.8 cm³/mol. The molecule has 0 aromatic heterocycles. The van der Waals surface area contributed by atoms with Crippen LogP contribution in [0.3, 0.4) is 0 Å². The Morgan fingerprint density at radius 3 is 2.58 bits per heavy atom. The van der Waals surface area contributed by atoms with Crippen LogP contribution in [-0.2, 0) is 0 Å². The highest BCUT2D eigenvalue weighted by atomic mass is 79.9. The molecule has 3 heteroatoms. The lowest BCUT2D eigenvalue weighted by Crippen LogP contribution is -2.34. The highest BCUT2D eigenvalue weighted by Crippen LogP contribution is 2.28. The molecule has 1 amide bonds. The third-order valence-corrected chi connectivity index (χ3v) is 3.92. The first-order valence-electron chi connectivity index (χ1n) is 6.65. The van der Waals surface area contributed by atoms with Crippen LogP contribution in [0.5, 0.6) is 0 Å². The molecule has 0 aliphatic heterocycles. The van der Waals surface area contributed by atoms with E-state index in [4.69, 9.17) is 0 Å². The van der Waals surface area contributed by atoms with Crippen molar-refractivity contribution in [1.29, 1.82) is 0 Å². The van der Waals surface area contributed by atoms with Crippen molar-refractivity contribution in [2.75, 3.05) is 11.9 Å². The number of nitrogens with zero attached hydrogens (tertiary/aromatic N) is 1. The van der Waals surface area contributed by atoms with Crippen LogP contribution >= 0.6 is 15.9 Å². The van der Waals surface area contributed by atoms with E-state index in [2.05, 4.69) is 28.1 Å². The van der Waals surface area contributed by atoms with E-state index in [9.17, 15) is 4.79 Å². The molecular formula is C16H16BrNO. The topological polar surface area (TPSA) is 20.3 Å². The van der Waals surface area contributed by atoms with Gasteiger partial charge < -0.3 is 4.90 Å². The summed E-state index contributed by atoms with van der Waals surface area (Å²) in [6, 6.07) is 14.6. The number of benzene rings is 2. The third kappa shape index (κ3) is 2.66. The molecule has 1 aliphatic rings. The molecule has 98 valence electrons. The van der Waals surface area contributed by atoms with Crippen molar-refractivity contribution in [3.8, 4) is 0 Å². The van der Waals surface area contributed by atoms with E-state index < -0.39 is 0 Å². The molecule has 0 bridgehead atoms. The zero-order chi connectivity index (χ0) is 13.2. The zero-order valence-electron chi connectivity index (χ0n) is 10.7. The van der Waals surface area contributed by atoms with Crippen LogP contribution in [0.4, 0.5) is 0 Å². The third-order valence-electron chi connectivity index (χ3n) is 3.57. The summed E-state index contributed by atoms with van der Waals surface area (Å²) in [6.07, 6.45) is 2.29. The Labute approximate surface area is 121 Å². The van der Waals surface area contributed by atoms with Gasteiger partial charge in [0.25, 0.3) is 5.91 Å². The van der Waals surface area contributed by atoms with E-state index in [1.807, 2.05) is 35.2 Å². The smallest absolute Gasteiger partial charge is 0.254 e. The molecule has 0 heterocycles. The Balaban J connectivity index is 1.91. The van der Waals surface area contributed by atoms with Gasteiger partial charge in [-0.25, -0.2) is 0 Å². The van der Waals surface area contributed by atoms with Crippen molar-refractivity contribution in [3.05, 3.63) is 48.0 Å². The second kappa shape index (κ2) is 5.33. The first-order valence-corrected chi connectivity index (χ1v) is 7.77. The first-order chi connectivity index (χ1) is 9.29. The van der Waals surface area contributed by atoms with Crippen molar-refractivity contribution in [3.63, 3.8) is 0 Å². The van der Waals surface area contributed by atoms with Crippen molar-refractivity contribution < 1.29 is 4.79 Å². The highest BCUT2D eigenvalue weighted by Gasteiger charge is 2.32. The maximum absolute atomic E-state index is 12.6. The van der Waals surface area contributed by atoms with Crippen LogP contribution in [-0.4, -0.2) is 28.7 Å². The predicted octanol–water partition coefficient (Wildman–Crippen LogP) is 3.84. The molecule has 19 heavy (non-hydrogen) atoms. The van der Waals surface area contributed by atoms with Crippen molar-refractivity contribution in [1.82, 2.24) is 4.90 Å². The summed E-state index contributed by atoms with van der Waals surface area (Å²) < 4.78 is 0. The van der Waals surface area contributed by atoms with E-state index in [1.165, 1.54) is 5.39 Å². The van der Waals surface area contributed by atoms with Gasteiger partial charge in [0.1, 0.15) is 0 Å². The van der Waals surface area contributed by atoms with Crippen LogP contribution < -0.4 is 0 Å². The summed E-state index contributed by atoms with van der Waals surface area (Å²) in [4.78, 5) is 14.6. The van der Waals surface area contributed by atoms with Gasteiger partial charge in [-0.15, -0.1) is 0 Å². The van der Waals surface area contributed by atoms with Gasteiger partial charge in [0.2, 0.25) is 0 Å². The van der Waals surface area contributed by atoms with Crippen LogP contribution in [0, 0.1) is 0 Å². The van der Waals surface area contributed by atoms with Crippen LogP contribution in [0.25, 0.3) is 10.8 Å². The second-order valence-corrected chi connectivity index (χ2v) is 5.77. The standard InChI is InChI=1S/C16H16BrNO/c17-9-10-18(15-7-8-15)16(19)14-6-5-12-3-1-2-4-13(12)11-14/h1-6,11,15H,7-10H2. The van der Waals surface area contributed by atoms with E-state index in [-0.39, 0.29) is 5.91 Å². The summed E-state index contributed by atoms with van der Waals surface area (Å²) in [7, 11) is 0. The molecule has 1 saturated carbocycles. The fourth-order valence-corrected chi connectivity index (χ4v) is 2.80. The highest BCUT2D eigenvalue weighted by molar-refractivity contribution is 9.09. The lowest BCUT2D eigenvalue weighted by molar-refractivity contribution is 0.0755. The summed E-state index contributed by atoms with van der Waals surface area (Å²) in [6.45, 7) is 0.788. The normalized spacial score (nSPS) is 14.6. The molecule has 0 atom stereocenters. The molecule has 3 rings (SSSR count). The Kier molecular flexibility index (Phi) is 3.56.